The molecule has 2 fully saturated rings. The predicted molar refractivity (Wildman–Crippen MR) is 134 cm³/mol. The standard InChI is InChI=1S/C28H27F2N3O.ClH/c1-32-12-9-28(10-13-32,22-2-4-23(29)5-3-22)26-8-11-33(27(26)34)18-21-15-19(17-31)14-20-16-24(30)6-7-25(20)21;/h2-7,14-16,26H,8-13,18H2,1H3;1H. The van der Waals surface area contributed by atoms with E-state index in [0.29, 0.717) is 24.0 Å². The summed E-state index contributed by atoms with van der Waals surface area (Å²) >= 11 is 0. The van der Waals surface area contributed by atoms with Gasteiger partial charge in [-0.15, -0.1) is 12.4 Å². The fraction of sp³-hybridized carbons (Fsp3) is 0.357. The van der Waals surface area contributed by atoms with Gasteiger partial charge >= 0.3 is 0 Å². The molecule has 1 amide bonds. The first-order valence-corrected chi connectivity index (χ1v) is 11.8. The molecule has 4 nitrogen and oxygen atoms in total. The number of halogens is 3. The minimum absolute atomic E-state index is 0. The molecule has 2 heterocycles. The normalized spacial score (nSPS) is 20.0. The van der Waals surface area contributed by atoms with Crippen molar-refractivity contribution in [3.05, 3.63) is 82.9 Å². The second-order valence-electron chi connectivity index (χ2n) is 9.68. The number of fused-ring (bicyclic) bond motifs is 1. The number of carbonyl (C=O) groups excluding carboxylic acids is 1. The number of likely N-dealkylation sites (tertiary alicyclic amines) is 2. The van der Waals surface area contributed by atoms with Gasteiger partial charge in [-0.3, -0.25) is 4.79 Å². The van der Waals surface area contributed by atoms with Crippen molar-refractivity contribution in [1.82, 2.24) is 9.80 Å². The van der Waals surface area contributed by atoms with E-state index in [1.54, 1.807) is 18.2 Å². The molecular formula is C28H28ClF2N3O. The first kappa shape index (κ1) is 25.1. The quantitative estimate of drug-likeness (QED) is 0.485. The summed E-state index contributed by atoms with van der Waals surface area (Å²) in [6.07, 6.45) is 2.45. The molecule has 3 aromatic carbocycles. The van der Waals surface area contributed by atoms with Gasteiger partial charge in [0.1, 0.15) is 11.6 Å². The zero-order valence-electron chi connectivity index (χ0n) is 19.6. The number of nitriles is 1. The number of rotatable bonds is 4. The molecule has 2 saturated heterocycles. The second-order valence-corrected chi connectivity index (χ2v) is 9.68. The van der Waals surface area contributed by atoms with Gasteiger partial charge in [0, 0.05) is 24.4 Å². The van der Waals surface area contributed by atoms with Crippen LogP contribution in [-0.2, 0) is 16.8 Å². The van der Waals surface area contributed by atoms with E-state index in [-0.39, 0.29) is 41.3 Å². The summed E-state index contributed by atoms with van der Waals surface area (Å²) in [6.45, 7) is 2.79. The molecule has 0 bridgehead atoms. The number of hydrogen-bond acceptors (Lipinski definition) is 3. The van der Waals surface area contributed by atoms with Gasteiger partial charge in [0.25, 0.3) is 0 Å². The van der Waals surface area contributed by atoms with E-state index >= 15 is 0 Å². The van der Waals surface area contributed by atoms with Crippen molar-refractivity contribution in [3.63, 3.8) is 0 Å². The lowest BCUT2D eigenvalue weighted by molar-refractivity contribution is -0.134. The Bertz CT molecular complexity index is 1280. The van der Waals surface area contributed by atoms with Crippen LogP contribution in [0.1, 0.15) is 36.0 Å². The van der Waals surface area contributed by atoms with Crippen LogP contribution < -0.4 is 0 Å². The van der Waals surface area contributed by atoms with Gasteiger partial charge in [-0.1, -0.05) is 18.2 Å². The molecule has 0 saturated carbocycles. The van der Waals surface area contributed by atoms with Crippen LogP contribution >= 0.6 is 12.4 Å². The van der Waals surface area contributed by atoms with Crippen LogP contribution in [0.15, 0.2) is 54.6 Å². The zero-order valence-corrected chi connectivity index (χ0v) is 20.5. The van der Waals surface area contributed by atoms with Gasteiger partial charge in [-0.2, -0.15) is 5.26 Å². The summed E-state index contributed by atoms with van der Waals surface area (Å²) in [5.74, 6) is -0.692. The Kier molecular flexibility index (Phi) is 7.12. The zero-order chi connectivity index (χ0) is 23.9. The van der Waals surface area contributed by atoms with E-state index < -0.39 is 0 Å². The average molecular weight is 496 g/mol. The first-order chi connectivity index (χ1) is 16.4. The number of benzene rings is 3. The Hall–Kier alpha value is -3.01. The number of amides is 1. The van der Waals surface area contributed by atoms with Gasteiger partial charge < -0.3 is 9.80 Å². The molecule has 1 unspecified atom stereocenters. The van der Waals surface area contributed by atoms with E-state index in [4.69, 9.17) is 0 Å². The number of carbonyl (C=O) groups is 1. The maximum atomic E-state index is 13.8. The average Bonchev–Trinajstić information content (AvgIpc) is 3.20. The van der Waals surface area contributed by atoms with Crippen LogP contribution in [0.3, 0.4) is 0 Å². The molecule has 0 spiro atoms. The molecule has 182 valence electrons. The van der Waals surface area contributed by atoms with E-state index in [9.17, 15) is 18.8 Å². The number of hydrogen-bond donors (Lipinski definition) is 0. The van der Waals surface area contributed by atoms with Crippen molar-refractivity contribution in [2.45, 2.75) is 31.2 Å². The summed E-state index contributed by atoms with van der Waals surface area (Å²) in [6, 6.07) is 16.9. The van der Waals surface area contributed by atoms with Crippen LogP contribution in [0, 0.1) is 28.9 Å². The van der Waals surface area contributed by atoms with Crippen molar-refractivity contribution in [1.29, 1.82) is 5.26 Å². The summed E-state index contributed by atoms with van der Waals surface area (Å²) in [5, 5.41) is 11.0. The van der Waals surface area contributed by atoms with Gasteiger partial charge in [0.2, 0.25) is 5.91 Å². The summed E-state index contributed by atoms with van der Waals surface area (Å²) < 4.78 is 27.5. The van der Waals surface area contributed by atoms with Crippen molar-refractivity contribution >= 4 is 29.1 Å². The molecule has 3 aromatic rings. The molecule has 7 heteroatoms. The Morgan fingerprint density at radius 2 is 1.69 bits per heavy atom. The van der Waals surface area contributed by atoms with Crippen LogP contribution in [0.5, 0.6) is 0 Å². The first-order valence-electron chi connectivity index (χ1n) is 11.8. The Labute approximate surface area is 210 Å². The highest BCUT2D eigenvalue weighted by Crippen LogP contribution is 2.46. The van der Waals surface area contributed by atoms with Crippen LogP contribution in [-0.4, -0.2) is 42.4 Å². The molecular weight excluding hydrogens is 468 g/mol. The van der Waals surface area contributed by atoms with Crippen molar-refractivity contribution in [3.8, 4) is 6.07 Å². The van der Waals surface area contributed by atoms with Crippen LogP contribution in [0.4, 0.5) is 8.78 Å². The van der Waals surface area contributed by atoms with Crippen molar-refractivity contribution < 1.29 is 13.6 Å². The highest BCUT2D eigenvalue weighted by Gasteiger charge is 2.49. The molecule has 0 radical (unpaired) electrons. The third-order valence-electron chi connectivity index (χ3n) is 7.75. The van der Waals surface area contributed by atoms with Gasteiger partial charge in [-0.25, -0.2) is 8.78 Å². The summed E-state index contributed by atoms with van der Waals surface area (Å²) in [7, 11) is 2.09. The summed E-state index contributed by atoms with van der Waals surface area (Å²) in [5.41, 5.74) is 2.03. The lowest BCUT2D eigenvalue weighted by Crippen LogP contribution is -2.48. The minimum Gasteiger partial charge on any atom is -0.338 e. The Balaban J connectivity index is 0.00000289. The molecule has 35 heavy (non-hydrogen) atoms. The van der Waals surface area contributed by atoms with E-state index in [0.717, 1.165) is 48.9 Å². The van der Waals surface area contributed by atoms with Crippen LogP contribution in [0.25, 0.3) is 10.8 Å². The van der Waals surface area contributed by atoms with Crippen LogP contribution in [0.2, 0.25) is 0 Å². The molecule has 0 aliphatic carbocycles. The monoisotopic (exact) mass is 495 g/mol. The lowest BCUT2D eigenvalue weighted by Gasteiger charge is -2.44. The highest BCUT2D eigenvalue weighted by atomic mass is 35.5. The molecule has 2 aliphatic heterocycles. The molecule has 2 aliphatic rings. The smallest absolute Gasteiger partial charge is 0.226 e. The number of nitrogens with zero attached hydrogens (tertiary/aromatic N) is 3. The fourth-order valence-corrected chi connectivity index (χ4v) is 5.87. The van der Waals surface area contributed by atoms with E-state index in [2.05, 4.69) is 18.0 Å². The highest BCUT2D eigenvalue weighted by molar-refractivity contribution is 5.88. The Morgan fingerprint density at radius 1 is 1.00 bits per heavy atom. The topological polar surface area (TPSA) is 47.3 Å². The van der Waals surface area contributed by atoms with Crippen molar-refractivity contribution in [2.24, 2.45) is 5.92 Å². The largest absolute Gasteiger partial charge is 0.338 e. The SMILES string of the molecule is CN1CCC(c2ccc(F)cc2)(C2CCN(Cc3cc(C#N)cc4cc(F)ccc34)C2=O)CC1.Cl. The number of piperidine rings is 1. The van der Waals surface area contributed by atoms with Gasteiger partial charge in [0.15, 0.2) is 0 Å². The summed E-state index contributed by atoms with van der Waals surface area (Å²) in [4.78, 5) is 17.9. The minimum atomic E-state index is -0.352. The molecule has 0 N–H and O–H groups in total. The third-order valence-corrected chi connectivity index (χ3v) is 7.75. The maximum Gasteiger partial charge on any atom is 0.226 e. The van der Waals surface area contributed by atoms with Gasteiger partial charge in [-0.05, 0) is 97.7 Å². The molecule has 0 aromatic heterocycles. The maximum absolute atomic E-state index is 13.8. The van der Waals surface area contributed by atoms with E-state index in [1.807, 2.05) is 17.0 Å². The molecule has 1 atom stereocenters. The fourth-order valence-electron chi connectivity index (χ4n) is 5.87. The lowest BCUT2D eigenvalue weighted by atomic mass is 9.64. The Morgan fingerprint density at radius 3 is 2.37 bits per heavy atom. The van der Waals surface area contributed by atoms with E-state index in [1.165, 1.54) is 24.3 Å². The molecule has 5 rings (SSSR count). The predicted octanol–water partition coefficient (Wildman–Crippen LogP) is 5.42. The second kappa shape index (κ2) is 9.93. The third kappa shape index (κ3) is 4.63. The van der Waals surface area contributed by atoms with Crippen molar-refractivity contribution in [2.75, 3.05) is 26.7 Å². The van der Waals surface area contributed by atoms with Gasteiger partial charge in [0.05, 0.1) is 11.6 Å².